The van der Waals surface area contributed by atoms with Crippen LogP contribution in [0.5, 0.6) is 11.6 Å². The van der Waals surface area contributed by atoms with Crippen LogP contribution in [-0.2, 0) is 7.05 Å². The molecule has 3 aromatic rings. The Morgan fingerprint density at radius 3 is 2.77 bits per heavy atom. The summed E-state index contributed by atoms with van der Waals surface area (Å²) in [5.74, 6) is -0.697. The normalized spacial score (nSPS) is 25.4. The van der Waals surface area contributed by atoms with Gasteiger partial charge in [0, 0.05) is 43.4 Å². The summed E-state index contributed by atoms with van der Waals surface area (Å²) in [7, 11) is 1.76. The number of fused-ring (bicyclic) bond motifs is 2. The number of halogens is 2. The van der Waals surface area contributed by atoms with Crippen LogP contribution < -0.4 is 10.1 Å². The van der Waals surface area contributed by atoms with Crippen molar-refractivity contribution in [3.05, 3.63) is 42.5 Å². The van der Waals surface area contributed by atoms with E-state index in [1.165, 1.54) is 24.3 Å². The van der Waals surface area contributed by atoms with Crippen LogP contribution in [0.25, 0.3) is 22.4 Å². The standard InChI is InChI=1S/C22H23F2N5O2/c1-29-11-13(10-25-29)12-7-15(23)21(18(30)8-12)16-5-6-20(28-27-16)31-19-9-14-3-2-4-17(26-14)22(19)24/h5-8,10-11,14,17,19,22,26,30H,2-4,9H2,1H3/t14-,17+,19-,22+/m1/s1. The highest BCUT2D eigenvalue weighted by Gasteiger charge is 2.41. The number of ether oxygens (including phenoxy) is 1. The molecule has 0 aliphatic carbocycles. The van der Waals surface area contributed by atoms with Crippen molar-refractivity contribution >= 4 is 0 Å². The van der Waals surface area contributed by atoms with Crippen LogP contribution in [-0.4, -0.2) is 49.4 Å². The average molecular weight is 427 g/mol. The Morgan fingerprint density at radius 1 is 1.19 bits per heavy atom. The zero-order valence-corrected chi connectivity index (χ0v) is 17.0. The van der Waals surface area contributed by atoms with Gasteiger partial charge < -0.3 is 15.2 Å². The van der Waals surface area contributed by atoms with Crippen molar-refractivity contribution in [1.29, 1.82) is 0 Å². The summed E-state index contributed by atoms with van der Waals surface area (Å²) < 4.78 is 36.9. The molecule has 162 valence electrons. The zero-order valence-electron chi connectivity index (χ0n) is 17.0. The molecule has 1 aromatic carbocycles. The number of piperidine rings is 2. The largest absolute Gasteiger partial charge is 0.507 e. The Labute approximate surface area is 178 Å². The summed E-state index contributed by atoms with van der Waals surface area (Å²) in [4.78, 5) is 0. The molecule has 31 heavy (non-hydrogen) atoms. The Morgan fingerprint density at radius 2 is 2.06 bits per heavy atom. The maximum atomic E-state index is 14.8. The maximum Gasteiger partial charge on any atom is 0.233 e. The van der Waals surface area contributed by atoms with Gasteiger partial charge in [-0.15, -0.1) is 10.2 Å². The molecule has 0 radical (unpaired) electrons. The van der Waals surface area contributed by atoms with Gasteiger partial charge >= 0.3 is 0 Å². The molecule has 2 aliphatic rings. The second-order valence-corrected chi connectivity index (χ2v) is 8.25. The average Bonchev–Trinajstić information content (AvgIpc) is 3.19. The van der Waals surface area contributed by atoms with Crippen molar-refractivity contribution in [1.82, 2.24) is 25.3 Å². The van der Waals surface area contributed by atoms with E-state index in [0.717, 1.165) is 19.3 Å². The number of phenolic OH excluding ortho intramolecular Hbond substituents is 1. The third-order valence-corrected chi connectivity index (χ3v) is 6.05. The van der Waals surface area contributed by atoms with Gasteiger partial charge in [-0.1, -0.05) is 6.42 Å². The van der Waals surface area contributed by atoms with Crippen LogP contribution in [0.2, 0.25) is 0 Å². The molecular formula is C22H23F2N5O2. The van der Waals surface area contributed by atoms with Crippen LogP contribution in [0, 0.1) is 5.82 Å². The van der Waals surface area contributed by atoms with Gasteiger partial charge in [-0.25, -0.2) is 8.78 Å². The molecule has 0 unspecified atom stereocenters. The molecular weight excluding hydrogens is 404 g/mol. The van der Waals surface area contributed by atoms with Gasteiger partial charge in [0.1, 0.15) is 17.7 Å². The van der Waals surface area contributed by atoms with Crippen molar-refractivity contribution in [2.45, 2.75) is 50.0 Å². The second-order valence-electron chi connectivity index (χ2n) is 8.25. The minimum atomic E-state index is -1.11. The van der Waals surface area contributed by atoms with Crippen LogP contribution in [0.3, 0.4) is 0 Å². The molecule has 5 rings (SSSR count). The van der Waals surface area contributed by atoms with E-state index in [1.807, 2.05) is 0 Å². The van der Waals surface area contributed by atoms with Gasteiger partial charge in [0.25, 0.3) is 0 Å². The van der Waals surface area contributed by atoms with E-state index in [-0.39, 0.29) is 35.0 Å². The first kappa shape index (κ1) is 19.9. The predicted octanol–water partition coefficient (Wildman–Crippen LogP) is 3.39. The molecule has 2 bridgehead atoms. The molecule has 7 nitrogen and oxygen atoms in total. The SMILES string of the molecule is Cn1cc(-c2cc(O)c(-c3ccc(O[C@@H]4C[C@H]5CCC[C@H](N5)[C@@H]4F)nn3)c(F)c2)cn1. The van der Waals surface area contributed by atoms with E-state index in [4.69, 9.17) is 4.74 Å². The van der Waals surface area contributed by atoms with E-state index >= 15 is 0 Å². The number of nitrogens with zero attached hydrogens (tertiary/aromatic N) is 4. The second kappa shape index (κ2) is 7.88. The number of rotatable bonds is 4. The van der Waals surface area contributed by atoms with Crippen molar-refractivity contribution in [3.63, 3.8) is 0 Å². The fourth-order valence-corrected chi connectivity index (χ4v) is 4.53. The summed E-state index contributed by atoms with van der Waals surface area (Å²) in [6, 6.07) is 5.89. The molecule has 0 saturated carbocycles. The fourth-order valence-electron chi connectivity index (χ4n) is 4.53. The number of nitrogens with one attached hydrogen (secondary N) is 1. The number of aromatic nitrogens is 4. The van der Waals surface area contributed by atoms with E-state index in [9.17, 15) is 13.9 Å². The van der Waals surface area contributed by atoms with Crippen molar-refractivity contribution < 1.29 is 18.6 Å². The lowest BCUT2D eigenvalue weighted by atomic mass is 9.84. The van der Waals surface area contributed by atoms with Crippen molar-refractivity contribution in [2.24, 2.45) is 7.05 Å². The Kier molecular flexibility index (Phi) is 5.05. The predicted molar refractivity (Wildman–Crippen MR) is 110 cm³/mol. The fraction of sp³-hybridized carbons (Fsp3) is 0.409. The third-order valence-electron chi connectivity index (χ3n) is 6.05. The van der Waals surface area contributed by atoms with Crippen LogP contribution >= 0.6 is 0 Å². The van der Waals surface area contributed by atoms with Crippen molar-refractivity contribution in [3.8, 4) is 34.0 Å². The van der Waals surface area contributed by atoms with Gasteiger partial charge in [-0.3, -0.25) is 4.68 Å². The highest BCUT2D eigenvalue weighted by atomic mass is 19.1. The van der Waals surface area contributed by atoms with E-state index in [2.05, 4.69) is 20.6 Å². The first-order valence-corrected chi connectivity index (χ1v) is 10.4. The number of phenols is 1. The van der Waals surface area contributed by atoms with Crippen molar-refractivity contribution in [2.75, 3.05) is 0 Å². The summed E-state index contributed by atoms with van der Waals surface area (Å²) in [5, 5.41) is 25.8. The lowest BCUT2D eigenvalue weighted by Crippen LogP contribution is -2.59. The lowest BCUT2D eigenvalue weighted by Gasteiger charge is -2.42. The Hall–Kier alpha value is -3.07. The number of hydrogen-bond acceptors (Lipinski definition) is 6. The van der Waals surface area contributed by atoms with E-state index in [1.54, 1.807) is 24.1 Å². The highest BCUT2D eigenvalue weighted by molar-refractivity contribution is 5.74. The summed E-state index contributed by atoms with van der Waals surface area (Å²) in [5.41, 5.74) is 1.31. The molecule has 0 spiro atoms. The van der Waals surface area contributed by atoms with Crippen LogP contribution in [0.15, 0.2) is 36.7 Å². The van der Waals surface area contributed by atoms with Gasteiger partial charge in [-0.2, -0.15) is 5.10 Å². The van der Waals surface area contributed by atoms with E-state index in [0.29, 0.717) is 17.5 Å². The molecule has 2 aromatic heterocycles. The number of alkyl halides is 1. The molecule has 2 saturated heterocycles. The van der Waals surface area contributed by atoms with Gasteiger partial charge in [0.15, 0.2) is 6.17 Å². The number of aromatic hydroxyl groups is 1. The Balaban J connectivity index is 1.35. The molecule has 0 amide bonds. The molecule has 2 N–H and O–H groups in total. The smallest absolute Gasteiger partial charge is 0.233 e. The third kappa shape index (κ3) is 3.85. The minimum absolute atomic E-state index is 0.0496. The molecule has 2 fully saturated rings. The topological polar surface area (TPSA) is 85.1 Å². The monoisotopic (exact) mass is 427 g/mol. The molecule has 4 heterocycles. The van der Waals surface area contributed by atoms with E-state index < -0.39 is 18.1 Å². The lowest BCUT2D eigenvalue weighted by molar-refractivity contribution is 0.00652. The molecule has 4 atom stereocenters. The van der Waals surface area contributed by atoms with Gasteiger partial charge in [0.2, 0.25) is 5.88 Å². The highest BCUT2D eigenvalue weighted by Crippen LogP contribution is 2.36. The summed E-state index contributed by atoms with van der Waals surface area (Å²) in [6.07, 6.45) is 5.04. The summed E-state index contributed by atoms with van der Waals surface area (Å²) in [6.45, 7) is 0. The molecule has 2 aliphatic heterocycles. The van der Waals surface area contributed by atoms with Gasteiger partial charge in [-0.05, 0) is 36.6 Å². The van der Waals surface area contributed by atoms with Gasteiger partial charge in [0.05, 0.1) is 17.5 Å². The Bertz CT molecular complexity index is 1060. The minimum Gasteiger partial charge on any atom is -0.507 e. The number of benzene rings is 1. The first-order chi connectivity index (χ1) is 15.0. The number of hydrogen-bond donors (Lipinski definition) is 2. The maximum absolute atomic E-state index is 14.8. The quantitative estimate of drug-likeness (QED) is 0.664. The number of aryl methyl sites for hydroxylation is 1. The van der Waals surface area contributed by atoms with Crippen LogP contribution in [0.4, 0.5) is 8.78 Å². The van der Waals surface area contributed by atoms with Crippen LogP contribution in [0.1, 0.15) is 25.7 Å². The summed E-state index contributed by atoms with van der Waals surface area (Å²) >= 11 is 0. The zero-order chi connectivity index (χ0) is 21.5. The molecule has 9 heteroatoms. The first-order valence-electron chi connectivity index (χ1n) is 10.4.